The van der Waals surface area contributed by atoms with E-state index >= 15 is 0 Å². The van der Waals surface area contributed by atoms with Crippen LogP contribution in [0.5, 0.6) is 0 Å². The van der Waals surface area contributed by atoms with Crippen LogP contribution >= 0.6 is 23.5 Å². The quantitative estimate of drug-likeness (QED) is 0.158. The van der Waals surface area contributed by atoms with Gasteiger partial charge in [-0.15, -0.1) is 0 Å². The van der Waals surface area contributed by atoms with E-state index in [1.165, 1.54) is 6.92 Å². The Balaban J connectivity index is 2.83. The van der Waals surface area contributed by atoms with Crippen molar-refractivity contribution in [2.45, 2.75) is 31.3 Å². The van der Waals surface area contributed by atoms with Gasteiger partial charge < -0.3 is 29.4 Å². The highest BCUT2D eigenvalue weighted by atomic mass is 31.3. The maximum absolute atomic E-state index is 11.6. The molecule has 0 spiro atoms. The predicted octanol–water partition coefficient (Wildman–Crippen LogP) is 0.506. The summed E-state index contributed by atoms with van der Waals surface area (Å²) in [5.41, 5.74) is 6.40. The van der Waals surface area contributed by atoms with Crippen molar-refractivity contribution in [3.8, 4) is 0 Å². The monoisotopic (exact) mass is 413 g/mol. The average molecular weight is 413 g/mol. The van der Waals surface area contributed by atoms with Gasteiger partial charge in [-0.1, -0.05) is 5.11 Å². The van der Waals surface area contributed by atoms with E-state index < -0.39 is 48.0 Å². The van der Waals surface area contributed by atoms with Crippen LogP contribution in [0.1, 0.15) is 13.3 Å². The zero-order valence-electron chi connectivity index (χ0n) is 11.8. The Kier molecular flexibility index (Phi) is 6.76. The van der Waals surface area contributed by atoms with Crippen LogP contribution in [0.2, 0.25) is 0 Å². The Morgan fingerprint density at radius 1 is 1.25 bits per heavy atom. The molecule has 0 radical (unpaired) electrons. The largest absolute Gasteiger partial charge is 0.490 e. The molecule has 2 unspecified atom stereocenters. The molecular formula is C6H14N3O12P3. The molecule has 18 heteroatoms. The summed E-state index contributed by atoms with van der Waals surface area (Å²) in [5, 5.41) is 13.0. The summed E-state index contributed by atoms with van der Waals surface area (Å²) in [6.45, 7) is 0.439. The van der Waals surface area contributed by atoms with Gasteiger partial charge >= 0.3 is 23.5 Å². The molecule has 1 aliphatic heterocycles. The van der Waals surface area contributed by atoms with Crippen LogP contribution in [0.4, 0.5) is 0 Å². The fraction of sp³-hybridized carbons (Fsp3) is 1.00. The first kappa shape index (κ1) is 21.7. The van der Waals surface area contributed by atoms with Crippen molar-refractivity contribution < 1.29 is 56.3 Å². The van der Waals surface area contributed by atoms with Gasteiger partial charge in [-0.3, -0.25) is 4.52 Å². The molecule has 1 rings (SSSR count). The van der Waals surface area contributed by atoms with Gasteiger partial charge in [0.1, 0.15) is 0 Å². The molecular weight excluding hydrogens is 399 g/mol. The summed E-state index contributed by atoms with van der Waals surface area (Å²) in [7, 11) is -16.6. The Labute approximate surface area is 134 Å². The van der Waals surface area contributed by atoms with Crippen LogP contribution in [0.3, 0.4) is 0 Å². The number of phosphoric ester groups is 1. The second-order valence-electron chi connectivity index (χ2n) is 4.58. The standard InChI is InChI=1S/C6H14N3O12P3/c1-4-2-5(10)6(19-4,8-9-7)3-18-23(14,15)21-24(16,17)20-22(11,12)13/h4-5,10H,2-3H2,1H3,(H,14,15)(H,16,17)(H2,11,12,13)/t4-,5+,6+/m0/s1. The normalized spacial score (nSPS) is 32.6. The number of azide groups is 1. The number of hydrogen-bond donors (Lipinski definition) is 5. The summed E-state index contributed by atoms with van der Waals surface area (Å²) in [6, 6.07) is 0. The molecule has 24 heavy (non-hydrogen) atoms. The number of phosphoric acid groups is 3. The van der Waals surface area contributed by atoms with E-state index in [9.17, 15) is 23.7 Å². The van der Waals surface area contributed by atoms with E-state index in [-0.39, 0.29) is 6.42 Å². The Morgan fingerprint density at radius 2 is 1.83 bits per heavy atom. The second kappa shape index (κ2) is 7.48. The van der Waals surface area contributed by atoms with Crippen molar-refractivity contribution in [2.75, 3.05) is 6.61 Å². The highest BCUT2D eigenvalue weighted by Gasteiger charge is 2.49. The molecule has 1 saturated heterocycles. The average Bonchev–Trinajstić information content (AvgIpc) is 2.58. The van der Waals surface area contributed by atoms with Crippen LogP contribution in [0.15, 0.2) is 5.11 Å². The molecule has 5 N–H and O–H groups in total. The molecule has 15 nitrogen and oxygen atoms in total. The lowest BCUT2D eigenvalue weighted by Gasteiger charge is -2.27. The van der Waals surface area contributed by atoms with E-state index in [1.54, 1.807) is 0 Å². The van der Waals surface area contributed by atoms with Crippen LogP contribution in [0.25, 0.3) is 10.4 Å². The SMILES string of the molecule is C[C@H]1C[C@@H](O)[C@](COP(=O)(O)OP(=O)(O)OP(=O)(O)O)(N=[N+]=[N-])O1. The molecule has 0 amide bonds. The lowest BCUT2D eigenvalue weighted by atomic mass is 10.1. The molecule has 140 valence electrons. The van der Waals surface area contributed by atoms with E-state index in [0.717, 1.165) is 0 Å². The number of aliphatic hydroxyl groups excluding tert-OH is 1. The smallest absolute Gasteiger partial charge is 0.390 e. The molecule has 1 fully saturated rings. The first-order chi connectivity index (χ1) is 10.7. The molecule has 0 saturated carbocycles. The van der Waals surface area contributed by atoms with Crippen molar-refractivity contribution in [3.05, 3.63) is 10.4 Å². The second-order valence-corrected chi connectivity index (χ2v) is 9.00. The number of aliphatic hydroxyl groups is 1. The van der Waals surface area contributed by atoms with Crippen molar-refractivity contribution in [3.63, 3.8) is 0 Å². The molecule has 5 atom stereocenters. The van der Waals surface area contributed by atoms with Gasteiger partial charge in [0.2, 0.25) is 0 Å². The van der Waals surface area contributed by atoms with Crippen molar-refractivity contribution >= 4 is 23.5 Å². The first-order valence-corrected chi connectivity index (χ1v) is 10.4. The van der Waals surface area contributed by atoms with Crippen LogP contribution in [0, 0.1) is 0 Å². The Morgan fingerprint density at radius 3 is 2.25 bits per heavy atom. The zero-order chi connectivity index (χ0) is 18.8. The van der Waals surface area contributed by atoms with Crippen LogP contribution in [-0.2, 0) is 31.6 Å². The minimum absolute atomic E-state index is 0.00121. The maximum atomic E-state index is 11.6. The van der Waals surface area contributed by atoms with E-state index in [4.69, 9.17) is 24.9 Å². The van der Waals surface area contributed by atoms with Gasteiger partial charge in [-0.25, -0.2) is 13.7 Å². The van der Waals surface area contributed by atoms with Gasteiger partial charge in [0, 0.05) is 11.3 Å². The predicted molar refractivity (Wildman–Crippen MR) is 72.9 cm³/mol. The minimum atomic E-state index is -5.67. The summed E-state index contributed by atoms with van der Waals surface area (Å²) >= 11 is 0. The third-order valence-electron chi connectivity index (χ3n) is 2.55. The highest BCUT2D eigenvalue weighted by Crippen LogP contribution is 2.66. The minimum Gasteiger partial charge on any atom is -0.390 e. The maximum Gasteiger partial charge on any atom is 0.490 e. The van der Waals surface area contributed by atoms with Gasteiger partial charge in [-0.2, -0.15) is 8.62 Å². The molecule has 0 aromatic carbocycles. The van der Waals surface area contributed by atoms with Crippen molar-refractivity contribution in [1.29, 1.82) is 0 Å². The molecule has 1 heterocycles. The molecule has 1 aliphatic rings. The lowest BCUT2D eigenvalue weighted by molar-refractivity contribution is -0.101. The summed E-state index contributed by atoms with van der Waals surface area (Å²) in [4.78, 5) is 37.5. The number of hydrogen-bond acceptors (Lipinski definition) is 9. The van der Waals surface area contributed by atoms with Gasteiger partial charge in [0.05, 0.1) is 18.8 Å². The summed E-state index contributed by atoms with van der Waals surface area (Å²) in [6.07, 6.45) is -2.02. The van der Waals surface area contributed by atoms with Crippen LogP contribution in [-0.4, -0.2) is 49.2 Å². The number of rotatable bonds is 8. The molecule has 0 aliphatic carbocycles. The van der Waals surface area contributed by atoms with Crippen molar-refractivity contribution in [1.82, 2.24) is 0 Å². The topological polar surface area (TPSA) is 238 Å². The Hall–Kier alpha value is -0.360. The summed E-state index contributed by atoms with van der Waals surface area (Å²) < 4.78 is 49.7. The molecule has 0 bridgehead atoms. The van der Waals surface area contributed by atoms with E-state index in [0.29, 0.717) is 0 Å². The number of nitrogens with zero attached hydrogens (tertiary/aromatic N) is 3. The third kappa shape index (κ3) is 6.51. The lowest BCUT2D eigenvalue weighted by Crippen LogP contribution is -2.41. The van der Waals surface area contributed by atoms with E-state index in [1.807, 2.05) is 0 Å². The fourth-order valence-electron chi connectivity index (χ4n) is 1.78. The van der Waals surface area contributed by atoms with E-state index in [2.05, 4.69) is 23.2 Å². The van der Waals surface area contributed by atoms with Gasteiger partial charge in [0.25, 0.3) is 0 Å². The van der Waals surface area contributed by atoms with Gasteiger partial charge in [0.15, 0.2) is 5.72 Å². The summed E-state index contributed by atoms with van der Waals surface area (Å²) in [5.74, 6) is 0. The van der Waals surface area contributed by atoms with Gasteiger partial charge in [-0.05, 0) is 12.5 Å². The fourth-order valence-corrected chi connectivity index (χ4v) is 4.82. The first-order valence-electron chi connectivity index (χ1n) is 5.91. The van der Waals surface area contributed by atoms with Crippen molar-refractivity contribution in [2.24, 2.45) is 5.11 Å². The molecule has 0 aromatic rings. The number of ether oxygens (including phenoxy) is 1. The zero-order valence-corrected chi connectivity index (χ0v) is 14.5. The Bertz CT molecular complexity index is 658. The highest BCUT2D eigenvalue weighted by molar-refractivity contribution is 7.66. The molecule has 0 aromatic heterocycles. The van der Waals surface area contributed by atoms with Crippen LogP contribution < -0.4 is 0 Å². The third-order valence-corrected chi connectivity index (χ3v) is 6.33.